The fourth-order valence-corrected chi connectivity index (χ4v) is 7.68. The molecule has 0 aromatic heterocycles. The van der Waals surface area contributed by atoms with Crippen molar-refractivity contribution >= 4 is 29.7 Å². The van der Waals surface area contributed by atoms with Crippen molar-refractivity contribution in [3.63, 3.8) is 0 Å². The molecule has 1 aromatic carbocycles. The molecule has 4 fully saturated rings. The summed E-state index contributed by atoms with van der Waals surface area (Å²) in [6.07, 6.45) is 12.6. The molecule has 0 radical (unpaired) electrons. The van der Waals surface area contributed by atoms with Gasteiger partial charge in [-0.3, -0.25) is 14.5 Å². The highest BCUT2D eigenvalue weighted by atomic mass is 32.2. The van der Waals surface area contributed by atoms with Crippen molar-refractivity contribution in [1.82, 2.24) is 20.4 Å². The van der Waals surface area contributed by atoms with Gasteiger partial charge in [-0.2, -0.15) is 0 Å². The van der Waals surface area contributed by atoms with Crippen molar-refractivity contribution in [2.24, 2.45) is 5.92 Å². The monoisotopic (exact) mass is 510 g/mol. The summed E-state index contributed by atoms with van der Waals surface area (Å²) < 4.78 is 0. The van der Waals surface area contributed by atoms with E-state index in [0.717, 1.165) is 68.4 Å². The Balaban J connectivity index is 0.996. The van der Waals surface area contributed by atoms with Gasteiger partial charge < -0.3 is 15.5 Å². The molecule has 7 heteroatoms. The Morgan fingerprint density at radius 2 is 1.81 bits per heavy atom. The smallest absolute Gasteiger partial charge is 0.257 e. The number of rotatable bonds is 7. The first-order chi connectivity index (χ1) is 17.7. The van der Waals surface area contributed by atoms with E-state index in [1.807, 2.05) is 36.4 Å². The number of thioether (sulfide) groups is 1. The lowest BCUT2D eigenvalue weighted by Crippen LogP contribution is -2.52. The van der Waals surface area contributed by atoms with Crippen LogP contribution in [0.15, 0.2) is 35.2 Å². The maximum absolute atomic E-state index is 12.9. The quantitative estimate of drug-likeness (QED) is 0.431. The maximum Gasteiger partial charge on any atom is 0.257 e. The van der Waals surface area contributed by atoms with Crippen LogP contribution in [0.25, 0.3) is 6.08 Å². The molecule has 5 rings (SSSR count). The van der Waals surface area contributed by atoms with Crippen LogP contribution in [0.3, 0.4) is 0 Å². The minimum Gasteiger partial charge on any atom is -0.356 e. The molecular weight excluding hydrogens is 468 g/mol. The van der Waals surface area contributed by atoms with Gasteiger partial charge in [-0.25, -0.2) is 0 Å². The third-order valence-electron chi connectivity index (χ3n) is 8.52. The molecular formula is C29H42N4O2S. The molecule has 196 valence electrons. The average Bonchev–Trinajstić information content (AvgIpc) is 2.92. The lowest BCUT2D eigenvalue weighted by molar-refractivity contribution is -0.127. The van der Waals surface area contributed by atoms with Crippen molar-refractivity contribution in [3.8, 4) is 0 Å². The van der Waals surface area contributed by atoms with Crippen LogP contribution in [-0.4, -0.2) is 78.2 Å². The molecule has 1 aromatic rings. The molecule has 4 aliphatic rings. The molecule has 3 atom stereocenters. The number of benzene rings is 1. The summed E-state index contributed by atoms with van der Waals surface area (Å²) in [5.41, 5.74) is 1.05. The second-order valence-electron chi connectivity index (χ2n) is 11.0. The Morgan fingerprint density at radius 1 is 1.03 bits per heavy atom. The average molecular weight is 511 g/mol. The number of carbonyl (C=O) groups is 2. The van der Waals surface area contributed by atoms with Crippen molar-refractivity contribution in [1.29, 1.82) is 0 Å². The highest BCUT2D eigenvalue weighted by molar-refractivity contribution is 8.04. The van der Waals surface area contributed by atoms with Gasteiger partial charge in [0.25, 0.3) is 5.91 Å². The minimum atomic E-state index is -0.00487. The largest absolute Gasteiger partial charge is 0.356 e. The molecule has 2 heterocycles. The third-order valence-corrected chi connectivity index (χ3v) is 9.95. The molecule has 2 amide bonds. The van der Waals surface area contributed by atoms with Gasteiger partial charge in [0.1, 0.15) is 0 Å². The Bertz CT molecular complexity index is 909. The number of carbonyl (C=O) groups excluding carboxylic acids is 2. The number of piperazine rings is 1. The fraction of sp³-hybridized carbons (Fsp3) is 0.655. The summed E-state index contributed by atoms with van der Waals surface area (Å²) in [4.78, 5) is 31.6. The van der Waals surface area contributed by atoms with Crippen molar-refractivity contribution < 1.29 is 9.59 Å². The fourth-order valence-electron chi connectivity index (χ4n) is 6.39. The normalized spacial score (nSPS) is 29.5. The molecule has 2 saturated heterocycles. The van der Waals surface area contributed by atoms with E-state index in [9.17, 15) is 9.59 Å². The van der Waals surface area contributed by atoms with Gasteiger partial charge in [0.15, 0.2) is 0 Å². The summed E-state index contributed by atoms with van der Waals surface area (Å²) in [6, 6.07) is 10.9. The Kier molecular flexibility index (Phi) is 9.04. The van der Waals surface area contributed by atoms with Gasteiger partial charge in [0.2, 0.25) is 5.91 Å². The highest BCUT2D eigenvalue weighted by Crippen LogP contribution is 2.40. The third kappa shape index (κ3) is 6.73. The van der Waals surface area contributed by atoms with Crippen LogP contribution in [-0.2, 0) is 9.59 Å². The minimum absolute atomic E-state index is 0.00487. The van der Waals surface area contributed by atoms with Gasteiger partial charge in [-0.1, -0.05) is 49.6 Å². The predicted molar refractivity (Wildman–Crippen MR) is 148 cm³/mol. The zero-order chi connectivity index (χ0) is 24.7. The summed E-state index contributed by atoms with van der Waals surface area (Å²) in [7, 11) is 0. The molecule has 2 N–H and O–H groups in total. The Morgan fingerprint density at radius 3 is 2.58 bits per heavy atom. The zero-order valence-electron chi connectivity index (χ0n) is 21.5. The van der Waals surface area contributed by atoms with E-state index in [1.165, 1.54) is 45.2 Å². The number of hydrogen-bond donors (Lipinski definition) is 2. The zero-order valence-corrected chi connectivity index (χ0v) is 22.3. The van der Waals surface area contributed by atoms with Gasteiger partial charge >= 0.3 is 0 Å². The van der Waals surface area contributed by atoms with Gasteiger partial charge in [-0.15, -0.1) is 11.8 Å². The van der Waals surface area contributed by atoms with Crippen molar-refractivity contribution in [2.45, 2.75) is 75.1 Å². The van der Waals surface area contributed by atoms with Gasteiger partial charge in [0.05, 0.1) is 4.91 Å². The topological polar surface area (TPSA) is 64.7 Å². The summed E-state index contributed by atoms with van der Waals surface area (Å²) in [5.74, 6) is 0.168. The molecule has 2 aliphatic carbocycles. The highest BCUT2D eigenvalue weighted by Gasteiger charge is 2.39. The van der Waals surface area contributed by atoms with Gasteiger partial charge in [-0.05, 0) is 56.7 Å². The van der Waals surface area contributed by atoms with E-state index in [-0.39, 0.29) is 23.8 Å². The summed E-state index contributed by atoms with van der Waals surface area (Å²) in [6.45, 7) is 6.54. The number of hydrogen-bond acceptors (Lipinski definition) is 5. The molecule has 6 nitrogen and oxygen atoms in total. The second kappa shape index (κ2) is 12.6. The van der Waals surface area contributed by atoms with Crippen LogP contribution < -0.4 is 10.6 Å². The molecule has 36 heavy (non-hydrogen) atoms. The Labute approximate surface area is 220 Å². The summed E-state index contributed by atoms with van der Waals surface area (Å²) >= 11 is 1.69. The van der Waals surface area contributed by atoms with Crippen LogP contribution in [0.2, 0.25) is 0 Å². The van der Waals surface area contributed by atoms with Crippen LogP contribution in [0.4, 0.5) is 0 Å². The number of nitrogens with zero attached hydrogens (tertiary/aromatic N) is 2. The van der Waals surface area contributed by atoms with Crippen LogP contribution >= 0.6 is 11.8 Å². The molecule has 0 bridgehead atoms. The van der Waals surface area contributed by atoms with E-state index in [1.54, 1.807) is 11.8 Å². The van der Waals surface area contributed by atoms with E-state index in [0.29, 0.717) is 5.25 Å². The van der Waals surface area contributed by atoms with Crippen molar-refractivity contribution in [3.05, 3.63) is 40.8 Å². The van der Waals surface area contributed by atoms with Gasteiger partial charge in [0, 0.05) is 56.0 Å². The van der Waals surface area contributed by atoms with E-state index < -0.39 is 0 Å². The SMILES string of the molecule is O=C1NC2CC(C(=O)NCCCN3CCN(C4CCCCC4)CC3)CCC2S/C1=C\c1ccccc1. The van der Waals surface area contributed by atoms with Crippen LogP contribution in [0.5, 0.6) is 0 Å². The first-order valence-corrected chi connectivity index (χ1v) is 15.0. The van der Waals surface area contributed by atoms with Crippen LogP contribution in [0.1, 0.15) is 63.4 Å². The molecule has 3 unspecified atom stereocenters. The first kappa shape index (κ1) is 25.8. The number of amides is 2. The van der Waals surface area contributed by atoms with Crippen molar-refractivity contribution in [2.75, 3.05) is 39.3 Å². The number of nitrogens with one attached hydrogen (secondary N) is 2. The van der Waals surface area contributed by atoms with E-state index in [4.69, 9.17) is 0 Å². The molecule has 2 aliphatic heterocycles. The standard InChI is InChI=1S/C29H42N4O2S/c34-28(30-14-7-15-32-16-18-33(19-17-32)24-10-5-2-6-11-24)23-12-13-26-25(21-23)31-29(35)27(36-26)20-22-8-3-1-4-9-22/h1,3-4,8-9,20,23-26H,2,5-7,10-19,21H2,(H,30,34)(H,31,35)/b27-20-. The molecule has 2 saturated carbocycles. The van der Waals surface area contributed by atoms with Crippen LogP contribution in [0, 0.1) is 5.92 Å². The maximum atomic E-state index is 12.9. The Hall–Kier alpha value is -1.83. The van der Waals surface area contributed by atoms with E-state index >= 15 is 0 Å². The lowest BCUT2D eigenvalue weighted by atomic mass is 9.84. The molecule has 0 spiro atoms. The summed E-state index contributed by atoms with van der Waals surface area (Å²) in [5, 5.41) is 6.74. The predicted octanol–water partition coefficient (Wildman–Crippen LogP) is 3.88. The first-order valence-electron chi connectivity index (χ1n) is 14.1. The lowest BCUT2D eigenvalue weighted by Gasteiger charge is -2.40. The van der Waals surface area contributed by atoms with E-state index in [2.05, 4.69) is 20.4 Å². The number of fused-ring (bicyclic) bond motifs is 1. The second-order valence-corrected chi connectivity index (χ2v) is 12.3.